The summed E-state index contributed by atoms with van der Waals surface area (Å²) in [4.78, 5) is 3.86. The van der Waals surface area contributed by atoms with Crippen molar-refractivity contribution in [1.29, 1.82) is 0 Å². The predicted octanol–water partition coefficient (Wildman–Crippen LogP) is 4.53. The Labute approximate surface area is 115 Å². The first kappa shape index (κ1) is 12.8. The summed E-state index contributed by atoms with van der Waals surface area (Å²) in [6.45, 7) is 5.31. The van der Waals surface area contributed by atoms with E-state index in [2.05, 4.69) is 69.5 Å². The van der Waals surface area contributed by atoms with E-state index >= 15 is 0 Å². The van der Waals surface area contributed by atoms with Gasteiger partial charge >= 0.3 is 0 Å². The summed E-state index contributed by atoms with van der Waals surface area (Å²) in [7, 11) is 0. The van der Waals surface area contributed by atoms with Gasteiger partial charge in [0.05, 0.1) is 0 Å². The summed E-state index contributed by atoms with van der Waals surface area (Å²) >= 11 is 5.41. The zero-order valence-corrected chi connectivity index (χ0v) is 12.3. The van der Waals surface area contributed by atoms with E-state index in [1.165, 1.54) is 14.9 Å². The Morgan fingerprint density at radius 2 is 1.88 bits per heavy atom. The van der Waals surface area contributed by atoms with Gasteiger partial charge < -0.3 is 0 Å². The molecule has 0 spiro atoms. The van der Waals surface area contributed by atoms with E-state index in [0.717, 1.165) is 19.6 Å². The molecule has 0 N–H and O–H groups in total. The Balaban J connectivity index is 2.00. The molecule has 0 aliphatic heterocycles. The van der Waals surface area contributed by atoms with Crippen molar-refractivity contribution < 1.29 is 0 Å². The van der Waals surface area contributed by atoms with Crippen LogP contribution in [0.5, 0.6) is 0 Å². The van der Waals surface area contributed by atoms with Gasteiger partial charge in [-0.1, -0.05) is 37.3 Å². The Hall–Kier alpha value is -0.640. The second-order valence-corrected chi connectivity index (χ2v) is 5.84. The van der Waals surface area contributed by atoms with Gasteiger partial charge in [0.15, 0.2) is 0 Å². The molecule has 2 rings (SSSR count). The lowest BCUT2D eigenvalue weighted by atomic mass is 10.2. The van der Waals surface area contributed by atoms with Gasteiger partial charge in [-0.3, -0.25) is 4.90 Å². The first-order valence-corrected chi connectivity index (χ1v) is 7.45. The number of hydrogen-bond acceptors (Lipinski definition) is 2. The SMILES string of the molecule is CCN(Cc1ccccc1)Cc1sccc1Br. The normalized spacial score (nSPS) is 11.0. The molecule has 0 amide bonds. The van der Waals surface area contributed by atoms with Gasteiger partial charge in [-0.25, -0.2) is 0 Å². The summed E-state index contributed by atoms with van der Waals surface area (Å²) in [5.41, 5.74) is 1.38. The van der Waals surface area contributed by atoms with Crippen molar-refractivity contribution >= 4 is 27.3 Å². The molecule has 1 nitrogen and oxygen atoms in total. The third kappa shape index (κ3) is 3.66. The molecule has 0 fully saturated rings. The fourth-order valence-electron chi connectivity index (χ4n) is 1.76. The Kier molecular flexibility index (Phi) is 4.77. The lowest BCUT2D eigenvalue weighted by molar-refractivity contribution is 0.273. The molecule has 17 heavy (non-hydrogen) atoms. The molecule has 0 radical (unpaired) electrons. The zero-order chi connectivity index (χ0) is 12.1. The van der Waals surface area contributed by atoms with E-state index in [4.69, 9.17) is 0 Å². The fourth-order valence-corrected chi connectivity index (χ4v) is 3.28. The highest BCUT2D eigenvalue weighted by Crippen LogP contribution is 2.24. The number of nitrogens with zero attached hydrogens (tertiary/aromatic N) is 1. The Morgan fingerprint density at radius 1 is 1.12 bits per heavy atom. The quantitative estimate of drug-likeness (QED) is 0.784. The second-order valence-electron chi connectivity index (χ2n) is 3.98. The highest BCUT2D eigenvalue weighted by Gasteiger charge is 2.08. The number of thiophene rings is 1. The van der Waals surface area contributed by atoms with Crippen LogP contribution in [0.2, 0.25) is 0 Å². The van der Waals surface area contributed by atoms with Crippen molar-refractivity contribution in [2.24, 2.45) is 0 Å². The van der Waals surface area contributed by atoms with Gasteiger partial charge in [0.25, 0.3) is 0 Å². The summed E-state index contributed by atoms with van der Waals surface area (Å²) in [6, 6.07) is 12.8. The molecule has 0 aliphatic rings. The van der Waals surface area contributed by atoms with Gasteiger partial charge in [0.2, 0.25) is 0 Å². The minimum Gasteiger partial charge on any atom is -0.294 e. The lowest BCUT2D eigenvalue weighted by Crippen LogP contribution is -2.21. The van der Waals surface area contributed by atoms with Crippen molar-refractivity contribution in [2.75, 3.05) is 6.54 Å². The second kappa shape index (κ2) is 6.34. The predicted molar refractivity (Wildman–Crippen MR) is 78.2 cm³/mol. The van der Waals surface area contributed by atoms with Crippen LogP contribution in [-0.2, 0) is 13.1 Å². The maximum atomic E-state index is 3.59. The molecule has 0 saturated carbocycles. The van der Waals surface area contributed by atoms with E-state index in [-0.39, 0.29) is 0 Å². The summed E-state index contributed by atoms with van der Waals surface area (Å²) < 4.78 is 1.23. The van der Waals surface area contributed by atoms with Gasteiger partial charge in [0, 0.05) is 22.4 Å². The van der Waals surface area contributed by atoms with Crippen LogP contribution in [0, 0.1) is 0 Å². The Bertz CT molecular complexity index is 452. The van der Waals surface area contributed by atoms with Crippen LogP contribution < -0.4 is 0 Å². The molecular weight excluding hydrogens is 294 g/mol. The molecule has 1 aromatic heterocycles. The Morgan fingerprint density at radius 3 is 2.47 bits per heavy atom. The van der Waals surface area contributed by atoms with Crippen LogP contribution in [-0.4, -0.2) is 11.4 Å². The minimum atomic E-state index is 1.02. The topological polar surface area (TPSA) is 3.24 Å². The monoisotopic (exact) mass is 309 g/mol. The van der Waals surface area contributed by atoms with Crippen LogP contribution in [0.15, 0.2) is 46.3 Å². The van der Waals surface area contributed by atoms with Crippen molar-refractivity contribution in [2.45, 2.75) is 20.0 Å². The van der Waals surface area contributed by atoms with E-state index in [0.29, 0.717) is 0 Å². The first-order valence-electron chi connectivity index (χ1n) is 5.77. The highest BCUT2D eigenvalue weighted by molar-refractivity contribution is 9.10. The largest absolute Gasteiger partial charge is 0.294 e. The van der Waals surface area contributed by atoms with Crippen LogP contribution in [0.25, 0.3) is 0 Å². The molecule has 3 heteroatoms. The number of halogens is 1. The molecule has 0 saturated heterocycles. The highest BCUT2D eigenvalue weighted by atomic mass is 79.9. The average Bonchev–Trinajstić information content (AvgIpc) is 2.75. The molecule has 0 unspecified atom stereocenters. The maximum absolute atomic E-state index is 3.59. The standard InChI is InChI=1S/C14H16BrNS/c1-2-16(10-12-6-4-3-5-7-12)11-14-13(15)8-9-17-14/h3-9H,2,10-11H2,1H3. The van der Waals surface area contributed by atoms with Crippen LogP contribution in [0.3, 0.4) is 0 Å². The molecule has 1 aromatic carbocycles. The summed E-state index contributed by atoms with van der Waals surface area (Å²) in [5, 5.41) is 2.13. The molecule has 0 atom stereocenters. The van der Waals surface area contributed by atoms with Gasteiger partial charge in [-0.15, -0.1) is 11.3 Å². The minimum absolute atomic E-state index is 1.02. The van der Waals surface area contributed by atoms with E-state index in [9.17, 15) is 0 Å². The smallest absolute Gasteiger partial charge is 0.0342 e. The van der Waals surface area contributed by atoms with Crippen molar-refractivity contribution in [3.8, 4) is 0 Å². The van der Waals surface area contributed by atoms with E-state index < -0.39 is 0 Å². The lowest BCUT2D eigenvalue weighted by Gasteiger charge is -2.20. The molecular formula is C14H16BrNS. The van der Waals surface area contributed by atoms with Gasteiger partial charge in [0.1, 0.15) is 0 Å². The van der Waals surface area contributed by atoms with E-state index in [1.807, 2.05) is 11.3 Å². The molecule has 0 bridgehead atoms. The third-order valence-electron chi connectivity index (χ3n) is 2.75. The van der Waals surface area contributed by atoms with E-state index in [1.54, 1.807) is 0 Å². The number of hydrogen-bond donors (Lipinski definition) is 0. The average molecular weight is 310 g/mol. The number of benzene rings is 1. The zero-order valence-electron chi connectivity index (χ0n) is 9.90. The fraction of sp³-hybridized carbons (Fsp3) is 0.286. The van der Waals surface area contributed by atoms with Crippen molar-refractivity contribution in [1.82, 2.24) is 4.90 Å². The summed E-state index contributed by atoms with van der Waals surface area (Å²) in [5.74, 6) is 0. The van der Waals surface area contributed by atoms with Crippen LogP contribution >= 0.6 is 27.3 Å². The van der Waals surface area contributed by atoms with Crippen LogP contribution in [0.4, 0.5) is 0 Å². The van der Waals surface area contributed by atoms with Gasteiger partial charge in [-0.2, -0.15) is 0 Å². The first-order chi connectivity index (χ1) is 8.29. The molecule has 90 valence electrons. The molecule has 1 heterocycles. The van der Waals surface area contributed by atoms with Crippen LogP contribution in [0.1, 0.15) is 17.4 Å². The molecule has 2 aromatic rings. The maximum Gasteiger partial charge on any atom is 0.0342 e. The van der Waals surface area contributed by atoms with Gasteiger partial charge in [-0.05, 0) is 39.5 Å². The van der Waals surface area contributed by atoms with Crippen molar-refractivity contribution in [3.63, 3.8) is 0 Å². The number of rotatable bonds is 5. The van der Waals surface area contributed by atoms with Crippen molar-refractivity contribution in [3.05, 3.63) is 56.7 Å². The summed E-state index contributed by atoms with van der Waals surface area (Å²) in [6.07, 6.45) is 0. The third-order valence-corrected chi connectivity index (χ3v) is 4.67. The molecule has 0 aliphatic carbocycles.